The molecule has 0 aliphatic heterocycles. The molecule has 0 aromatic carbocycles. The molecule has 0 saturated heterocycles. The Bertz CT molecular complexity index is 435. The average Bonchev–Trinajstić information content (AvgIpc) is 2.83. The van der Waals surface area contributed by atoms with Gasteiger partial charge in [-0.3, -0.25) is 0 Å². The van der Waals surface area contributed by atoms with Crippen LogP contribution in [0.4, 0.5) is 6.01 Å². The van der Waals surface area contributed by atoms with Crippen LogP contribution in [-0.4, -0.2) is 15.2 Å². The summed E-state index contributed by atoms with van der Waals surface area (Å²) in [7, 11) is 0. The highest BCUT2D eigenvalue weighted by molar-refractivity contribution is 5.20. The lowest BCUT2D eigenvalue weighted by Crippen LogP contribution is -1.98. The van der Waals surface area contributed by atoms with E-state index in [1.165, 1.54) is 0 Å². The Balaban J connectivity index is 1.93. The Hall–Kier alpha value is -1.82. The van der Waals surface area contributed by atoms with E-state index >= 15 is 0 Å². The molecule has 2 N–H and O–H groups in total. The minimum atomic E-state index is -0.0976. The lowest BCUT2D eigenvalue weighted by Gasteiger charge is -1.96. The molecular formula is C9H11N3O3. The number of hydrogen-bond donors (Lipinski definition) is 2. The zero-order valence-electron chi connectivity index (χ0n) is 8.23. The van der Waals surface area contributed by atoms with Gasteiger partial charge in [0.2, 0.25) is 0 Å². The summed E-state index contributed by atoms with van der Waals surface area (Å²) < 4.78 is 10.1. The number of aliphatic hydroxyl groups is 1. The number of aryl methyl sites for hydroxylation is 1. The molecule has 80 valence electrons. The molecule has 2 aromatic rings. The molecule has 0 atom stereocenters. The van der Waals surface area contributed by atoms with Gasteiger partial charge in [-0.05, 0) is 19.1 Å². The van der Waals surface area contributed by atoms with Gasteiger partial charge in [-0.25, -0.2) is 0 Å². The van der Waals surface area contributed by atoms with Crippen molar-refractivity contribution in [2.24, 2.45) is 0 Å². The molecule has 0 aliphatic rings. The molecule has 6 heteroatoms. The van der Waals surface area contributed by atoms with Crippen LogP contribution in [0.1, 0.15) is 17.3 Å². The van der Waals surface area contributed by atoms with E-state index in [0.717, 1.165) is 0 Å². The molecule has 2 rings (SSSR count). The van der Waals surface area contributed by atoms with E-state index in [4.69, 9.17) is 14.0 Å². The van der Waals surface area contributed by atoms with Crippen LogP contribution < -0.4 is 5.32 Å². The SMILES string of the molecule is Cc1noc(NCc2ccc(CO)o2)n1. The largest absolute Gasteiger partial charge is 0.462 e. The molecule has 0 fully saturated rings. The van der Waals surface area contributed by atoms with Gasteiger partial charge in [0.05, 0.1) is 6.54 Å². The molecule has 0 amide bonds. The maximum Gasteiger partial charge on any atom is 0.321 e. The van der Waals surface area contributed by atoms with Crippen molar-refractivity contribution in [2.45, 2.75) is 20.1 Å². The second-order valence-corrected chi connectivity index (χ2v) is 3.03. The monoisotopic (exact) mass is 209 g/mol. The zero-order chi connectivity index (χ0) is 10.7. The average molecular weight is 209 g/mol. The van der Waals surface area contributed by atoms with Gasteiger partial charge in [-0.15, -0.1) is 0 Å². The molecule has 0 unspecified atom stereocenters. The third-order valence-corrected chi connectivity index (χ3v) is 1.81. The first-order valence-electron chi connectivity index (χ1n) is 4.50. The number of rotatable bonds is 4. The maximum absolute atomic E-state index is 8.78. The lowest BCUT2D eigenvalue weighted by atomic mass is 10.4. The Morgan fingerprint density at radius 1 is 1.40 bits per heavy atom. The zero-order valence-corrected chi connectivity index (χ0v) is 8.23. The molecule has 0 spiro atoms. The Labute approximate surface area is 85.9 Å². The van der Waals surface area contributed by atoms with Crippen LogP contribution in [-0.2, 0) is 13.2 Å². The Morgan fingerprint density at radius 2 is 2.20 bits per heavy atom. The topological polar surface area (TPSA) is 84.3 Å². The van der Waals surface area contributed by atoms with Gasteiger partial charge in [0, 0.05) is 0 Å². The molecule has 0 aliphatic carbocycles. The van der Waals surface area contributed by atoms with Crippen LogP contribution in [0.5, 0.6) is 0 Å². The fourth-order valence-corrected chi connectivity index (χ4v) is 1.13. The van der Waals surface area contributed by atoms with Gasteiger partial charge in [-0.1, -0.05) is 5.16 Å². The van der Waals surface area contributed by atoms with Crippen LogP contribution in [0.3, 0.4) is 0 Å². The number of nitrogens with zero attached hydrogens (tertiary/aromatic N) is 2. The van der Waals surface area contributed by atoms with Crippen LogP contribution in [0.25, 0.3) is 0 Å². The predicted octanol–water partition coefficient (Wildman–Crippen LogP) is 1.08. The molecule has 0 radical (unpaired) electrons. The summed E-state index contributed by atoms with van der Waals surface area (Å²) in [5.41, 5.74) is 0. The van der Waals surface area contributed by atoms with Crippen LogP contribution >= 0.6 is 0 Å². The third kappa shape index (κ3) is 2.35. The fraction of sp³-hybridized carbons (Fsp3) is 0.333. The number of anilines is 1. The number of hydrogen-bond acceptors (Lipinski definition) is 6. The number of aliphatic hydroxyl groups excluding tert-OH is 1. The van der Waals surface area contributed by atoms with Crippen molar-refractivity contribution in [3.63, 3.8) is 0 Å². The van der Waals surface area contributed by atoms with Crippen molar-refractivity contribution < 1.29 is 14.0 Å². The predicted molar refractivity (Wildman–Crippen MR) is 51.0 cm³/mol. The molecule has 15 heavy (non-hydrogen) atoms. The lowest BCUT2D eigenvalue weighted by molar-refractivity contribution is 0.244. The molecule has 6 nitrogen and oxygen atoms in total. The number of nitrogens with one attached hydrogen (secondary N) is 1. The van der Waals surface area contributed by atoms with Crippen molar-refractivity contribution in [3.05, 3.63) is 29.5 Å². The van der Waals surface area contributed by atoms with Crippen molar-refractivity contribution >= 4 is 6.01 Å². The van der Waals surface area contributed by atoms with E-state index in [1.54, 1.807) is 19.1 Å². The maximum atomic E-state index is 8.78. The first-order valence-corrected chi connectivity index (χ1v) is 4.50. The van der Waals surface area contributed by atoms with Crippen molar-refractivity contribution in [3.8, 4) is 0 Å². The first kappa shape index (κ1) is 9.72. The van der Waals surface area contributed by atoms with Crippen LogP contribution in [0.2, 0.25) is 0 Å². The minimum Gasteiger partial charge on any atom is -0.462 e. The number of aromatic nitrogens is 2. The number of furan rings is 1. The normalized spacial score (nSPS) is 10.5. The van der Waals surface area contributed by atoms with Crippen LogP contribution in [0, 0.1) is 6.92 Å². The van der Waals surface area contributed by atoms with Crippen molar-refractivity contribution in [1.29, 1.82) is 0 Å². The first-order chi connectivity index (χ1) is 7.28. The minimum absolute atomic E-state index is 0.0976. The highest BCUT2D eigenvalue weighted by Crippen LogP contribution is 2.10. The van der Waals surface area contributed by atoms with Gasteiger partial charge >= 0.3 is 6.01 Å². The van der Waals surface area contributed by atoms with E-state index in [0.29, 0.717) is 29.9 Å². The molecule has 2 aromatic heterocycles. The van der Waals surface area contributed by atoms with E-state index < -0.39 is 0 Å². The van der Waals surface area contributed by atoms with Crippen molar-refractivity contribution in [2.75, 3.05) is 5.32 Å². The van der Waals surface area contributed by atoms with E-state index in [1.807, 2.05) is 0 Å². The summed E-state index contributed by atoms with van der Waals surface area (Å²) in [6.07, 6.45) is 0. The summed E-state index contributed by atoms with van der Waals surface area (Å²) in [5.74, 6) is 1.82. The van der Waals surface area contributed by atoms with E-state index in [-0.39, 0.29) is 6.61 Å². The Kier molecular flexibility index (Phi) is 2.68. The molecule has 0 saturated carbocycles. The fourth-order valence-electron chi connectivity index (χ4n) is 1.13. The summed E-state index contributed by atoms with van der Waals surface area (Å²) in [6, 6.07) is 3.85. The van der Waals surface area contributed by atoms with Gasteiger partial charge in [-0.2, -0.15) is 4.98 Å². The van der Waals surface area contributed by atoms with Gasteiger partial charge in [0.15, 0.2) is 5.82 Å². The quantitative estimate of drug-likeness (QED) is 0.783. The van der Waals surface area contributed by atoms with Crippen molar-refractivity contribution in [1.82, 2.24) is 10.1 Å². The second kappa shape index (κ2) is 4.14. The highest BCUT2D eigenvalue weighted by atomic mass is 16.5. The second-order valence-electron chi connectivity index (χ2n) is 3.03. The molecule has 0 bridgehead atoms. The van der Waals surface area contributed by atoms with Gasteiger partial charge in [0.25, 0.3) is 0 Å². The van der Waals surface area contributed by atoms with Crippen LogP contribution in [0.15, 0.2) is 21.1 Å². The standard InChI is InChI=1S/C9H11N3O3/c1-6-11-9(15-12-6)10-4-7-2-3-8(5-13)14-7/h2-3,13H,4-5H2,1H3,(H,10,11,12). The Morgan fingerprint density at radius 3 is 2.80 bits per heavy atom. The van der Waals surface area contributed by atoms with Gasteiger partial charge in [0.1, 0.15) is 18.1 Å². The molecular weight excluding hydrogens is 198 g/mol. The third-order valence-electron chi connectivity index (χ3n) is 1.81. The summed E-state index contributed by atoms with van der Waals surface area (Å²) in [5, 5.41) is 15.3. The summed E-state index contributed by atoms with van der Waals surface area (Å²) in [6.45, 7) is 2.09. The molecule has 2 heterocycles. The smallest absolute Gasteiger partial charge is 0.321 e. The highest BCUT2D eigenvalue weighted by Gasteiger charge is 2.04. The summed E-state index contributed by atoms with van der Waals surface area (Å²) in [4.78, 5) is 3.97. The van der Waals surface area contributed by atoms with Gasteiger partial charge < -0.3 is 19.4 Å². The van der Waals surface area contributed by atoms with E-state index in [2.05, 4.69) is 15.5 Å². The summed E-state index contributed by atoms with van der Waals surface area (Å²) >= 11 is 0. The van der Waals surface area contributed by atoms with E-state index in [9.17, 15) is 0 Å².